The second-order valence-corrected chi connectivity index (χ2v) is 5.52. The van der Waals surface area contributed by atoms with Crippen LogP contribution >= 0.6 is 27.3 Å². The van der Waals surface area contributed by atoms with E-state index in [1.807, 2.05) is 24.3 Å². The zero-order valence-electron chi connectivity index (χ0n) is 9.36. The zero-order chi connectivity index (χ0) is 12.5. The Morgan fingerprint density at radius 3 is 2.78 bits per heavy atom. The number of hydrogen-bond acceptors (Lipinski definition) is 2. The van der Waals surface area contributed by atoms with Gasteiger partial charge in [-0.05, 0) is 23.8 Å². The van der Waals surface area contributed by atoms with Crippen LogP contribution in [0.1, 0.15) is 5.56 Å². The van der Waals surface area contributed by atoms with Gasteiger partial charge in [0.1, 0.15) is 10.8 Å². The molecule has 4 heteroatoms. The second kappa shape index (κ2) is 4.78. The lowest BCUT2D eigenvalue weighted by Crippen LogP contribution is -1.81. The van der Waals surface area contributed by atoms with Crippen molar-refractivity contribution in [3.8, 4) is 10.6 Å². The topological polar surface area (TPSA) is 12.9 Å². The highest BCUT2D eigenvalue weighted by Crippen LogP contribution is 2.32. The Balaban J connectivity index is 2.19. The molecule has 0 bridgehead atoms. The van der Waals surface area contributed by atoms with Crippen LogP contribution in [0.4, 0.5) is 4.39 Å². The van der Waals surface area contributed by atoms with Crippen LogP contribution in [-0.4, -0.2) is 4.98 Å². The van der Waals surface area contributed by atoms with Crippen molar-refractivity contribution in [2.24, 2.45) is 0 Å². The standard InChI is InChI=1S/C14H9BrFNS/c15-8-10-4-2-6-12-13(10)17-14(18-12)9-3-1-5-11(16)7-9/h1-7H,8H2. The quantitative estimate of drug-likeness (QED) is 0.605. The molecule has 0 aliphatic heterocycles. The molecule has 18 heavy (non-hydrogen) atoms. The van der Waals surface area contributed by atoms with Gasteiger partial charge in [-0.3, -0.25) is 0 Å². The monoisotopic (exact) mass is 321 g/mol. The number of aromatic nitrogens is 1. The average molecular weight is 322 g/mol. The van der Waals surface area contributed by atoms with Crippen molar-refractivity contribution in [1.29, 1.82) is 0 Å². The lowest BCUT2D eigenvalue weighted by atomic mass is 10.2. The minimum atomic E-state index is -0.229. The highest BCUT2D eigenvalue weighted by atomic mass is 79.9. The number of thiazole rings is 1. The first-order chi connectivity index (χ1) is 8.78. The third-order valence-electron chi connectivity index (χ3n) is 2.72. The molecule has 0 saturated carbocycles. The fraction of sp³-hybridized carbons (Fsp3) is 0.0714. The molecule has 0 radical (unpaired) electrons. The summed E-state index contributed by atoms with van der Waals surface area (Å²) in [5, 5.41) is 1.63. The summed E-state index contributed by atoms with van der Waals surface area (Å²) in [6.07, 6.45) is 0. The van der Waals surface area contributed by atoms with E-state index in [0.29, 0.717) is 0 Å². The van der Waals surface area contributed by atoms with E-state index in [0.717, 1.165) is 31.7 Å². The third-order valence-corrected chi connectivity index (χ3v) is 4.39. The first kappa shape index (κ1) is 11.8. The van der Waals surface area contributed by atoms with Gasteiger partial charge in [0.05, 0.1) is 10.2 Å². The van der Waals surface area contributed by atoms with Crippen LogP contribution in [0.3, 0.4) is 0 Å². The van der Waals surface area contributed by atoms with Crippen molar-refractivity contribution >= 4 is 37.5 Å². The van der Waals surface area contributed by atoms with Crippen molar-refractivity contribution in [2.45, 2.75) is 5.33 Å². The molecule has 1 nitrogen and oxygen atoms in total. The Morgan fingerprint density at radius 1 is 1.17 bits per heavy atom. The van der Waals surface area contributed by atoms with Gasteiger partial charge in [0.15, 0.2) is 0 Å². The molecule has 0 aliphatic carbocycles. The first-order valence-electron chi connectivity index (χ1n) is 5.48. The lowest BCUT2D eigenvalue weighted by Gasteiger charge is -1.95. The molecule has 1 aromatic heterocycles. The molecule has 0 fully saturated rings. The molecular weight excluding hydrogens is 313 g/mol. The Bertz CT molecular complexity index is 708. The van der Waals surface area contributed by atoms with Crippen molar-refractivity contribution in [3.63, 3.8) is 0 Å². The number of benzene rings is 2. The predicted molar refractivity (Wildman–Crippen MR) is 77.6 cm³/mol. The van der Waals surface area contributed by atoms with E-state index >= 15 is 0 Å². The third kappa shape index (κ3) is 2.06. The Kier molecular flexibility index (Phi) is 3.14. The van der Waals surface area contributed by atoms with Gasteiger partial charge in [0.2, 0.25) is 0 Å². The molecule has 0 amide bonds. The summed E-state index contributed by atoms with van der Waals surface area (Å²) < 4.78 is 14.4. The normalized spacial score (nSPS) is 11.0. The number of para-hydroxylation sites is 1. The number of nitrogens with zero attached hydrogens (tertiary/aromatic N) is 1. The molecule has 2 aromatic carbocycles. The van der Waals surface area contributed by atoms with E-state index in [9.17, 15) is 4.39 Å². The Labute approximate surface area is 116 Å². The molecule has 0 aliphatic rings. The van der Waals surface area contributed by atoms with Crippen LogP contribution in [0.25, 0.3) is 20.8 Å². The molecule has 0 atom stereocenters. The number of halogens is 2. The van der Waals surface area contributed by atoms with E-state index < -0.39 is 0 Å². The van der Waals surface area contributed by atoms with E-state index in [1.54, 1.807) is 17.4 Å². The molecule has 90 valence electrons. The summed E-state index contributed by atoms with van der Waals surface area (Å²) >= 11 is 5.05. The Morgan fingerprint density at radius 2 is 2.00 bits per heavy atom. The van der Waals surface area contributed by atoms with E-state index in [4.69, 9.17) is 0 Å². The van der Waals surface area contributed by atoms with Gasteiger partial charge >= 0.3 is 0 Å². The molecule has 3 aromatic rings. The average Bonchev–Trinajstić information content (AvgIpc) is 2.82. The van der Waals surface area contributed by atoms with Crippen LogP contribution < -0.4 is 0 Å². The summed E-state index contributed by atoms with van der Waals surface area (Å²) in [5.74, 6) is -0.229. The zero-order valence-corrected chi connectivity index (χ0v) is 11.8. The molecule has 3 rings (SSSR count). The molecule has 0 N–H and O–H groups in total. The minimum absolute atomic E-state index is 0.229. The summed E-state index contributed by atoms with van der Waals surface area (Å²) in [7, 11) is 0. The summed E-state index contributed by atoms with van der Waals surface area (Å²) in [4.78, 5) is 4.62. The molecule has 0 spiro atoms. The maximum absolute atomic E-state index is 13.2. The van der Waals surface area contributed by atoms with Gasteiger partial charge in [0.25, 0.3) is 0 Å². The van der Waals surface area contributed by atoms with Crippen LogP contribution in [-0.2, 0) is 5.33 Å². The molecule has 0 saturated heterocycles. The minimum Gasteiger partial charge on any atom is -0.236 e. The van der Waals surface area contributed by atoms with Crippen molar-refractivity contribution in [3.05, 3.63) is 53.8 Å². The van der Waals surface area contributed by atoms with Crippen molar-refractivity contribution in [1.82, 2.24) is 4.98 Å². The maximum Gasteiger partial charge on any atom is 0.124 e. The number of rotatable bonds is 2. The number of fused-ring (bicyclic) bond motifs is 1. The van der Waals surface area contributed by atoms with Crippen LogP contribution in [0, 0.1) is 5.82 Å². The summed E-state index contributed by atoms with van der Waals surface area (Å²) in [5.41, 5.74) is 2.99. The fourth-order valence-electron chi connectivity index (χ4n) is 1.86. The SMILES string of the molecule is Fc1cccc(-c2nc3c(CBr)cccc3s2)c1. The largest absolute Gasteiger partial charge is 0.236 e. The number of hydrogen-bond donors (Lipinski definition) is 0. The highest BCUT2D eigenvalue weighted by Gasteiger charge is 2.09. The number of alkyl halides is 1. The Hall–Kier alpha value is -1.26. The maximum atomic E-state index is 13.2. The van der Waals surface area contributed by atoms with Crippen molar-refractivity contribution < 1.29 is 4.39 Å². The highest BCUT2D eigenvalue weighted by molar-refractivity contribution is 9.08. The van der Waals surface area contributed by atoms with Gasteiger partial charge < -0.3 is 0 Å². The van der Waals surface area contributed by atoms with E-state index in [-0.39, 0.29) is 5.82 Å². The summed E-state index contributed by atoms with van der Waals surface area (Å²) in [6.45, 7) is 0. The van der Waals surface area contributed by atoms with Crippen LogP contribution in [0.5, 0.6) is 0 Å². The summed E-state index contributed by atoms with van der Waals surface area (Å²) in [6, 6.07) is 12.7. The first-order valence-corrected chi connectivity index (χ1v) is 7.42. The van der Waals surface area contributed by atoms with E-state index in [1.165, 1.54) is 12.1 Å². The van der Waals surface area contributed by atoms with E-state index in [2.05, 4.69) is 20.9 Å². The lowest BCUT2D eigenvalue weighted by molar-refractivity contribution is 0.628. The predicted octanol–water partition coefficient (Wildman–Crippen LogP) is 5.00. The van der Waals surface area contributed by atoms with Gasteiger partial charge in [-0.15, -0.1) is 11.3 Å². The van der Waals surface area contributed by atoms with Crippen LogP contribution in [0.2, 0.25) is 0 Å². The fourth-order valence-corrected chi connectivity index (χ4v) is 3.32. The molecule has 0 unspecified atom stereocenters. The van der Waals surface area contributed by atoms with Gasteiger partial charge in [-0.25, -0.2) is 9.37 Å². The molecular formula is C14H9BrFNS. The smallest absolute Gasteiger partial charge is 0.124 e. The van der Waals surface area contributed by atoms with Crippen LogP contribution in [0.15, 0.2) is 42.5 Å². The van der Waals surface area contributed by atoms with Gasteiger partial charge in [-0.1, -0.05) is 40.2 Å². The van der Waals surface area contributed by atoms with Crippen molar-refractivity contribution in [2.75, 3.05) is 0 Å². The molecule has 1 heterocycles. The van der Waals surface area contributed by atoms with Gasteiger partial charge in [0, 0.05) is 10.9 Å². The second-order valence-electron chi connectivity index (χ2n) is 3.93. The van der Waals surface area contributed by atoms with Gasteiger partial charge in [-0.2, -0.15) is 0 Å².